The minimum Gasteiger partial charge on any atom is -0.315 e. The van der Waals surface area contributed by atoms with Gasteiger partial charge in [0.25, 0.3) is 6.07 Å². The van der Waals surface area contributed by atoms with Crippen LogP contribution in [0.15, 0.2) is 0 Å². The van der Waals surface area contributed by atoms with Crippen molar-refractivity contribution in [3.05, 3.63) is 0 Å². The van der Waals surface area contributed by atoms with Crippen molar-refractivity contribution in [2.75, 3.05) is 0 Å². The smallest absolute Gasteiger partial charge is 0.271 e. The molecule has 1 unspecified atom stereocenters. The maximum Gasteiger partial charge on any atom is 0.271 e. The summed E-state index contributed by atoms with van der Waals surface area (Å²) < 4.78 is 17.4. The fraction of sp³-hybridized carbons (Fsp3) is 1.00. The van der Waals surface area contributed by atoms with Crippen LogP contribution in [0.2, 0.25) is 0 Å². The van der Waals surface area contributed by atoms with E-state index >= 15 is 0 Å². The lowest BCUT2D eigenvalue weighted by Gasteiger charge is -2.31. The molecule has 0 fully saturated rings. The van der Waals surface area contributed by atoms with Crippen molar-refractivity contribution in [1.82, 2.24) is 0 Å². The van der Waals surface area contributed by atoms with Crippen LogP contribution in [0.1, 0.15) is 41.5 Å². The van der Waals surface area contributed by atoms with E-state index in [9.17, 15) is 4.57 Å². The summed E-state index contributed by atoms with van der Waals surface area (Å²) >= 11 is 3.17. The van der Waals surface area contributed by atoms with Crippen LogP contribution in [0.25, 0.3) is 0 Å². The van der Waals surface area contributed by atoms with Gasteiger partial charge in [-0.05, 0) is 20.8 Å². The molecule has 0 saturated heterocycles. The van der Waals surface area contributed by atoms with Gasteiger partial charge < -0.3 is 4.52 Å². The zero-order valence-electron chi connectivity index (χ0n) is 8.64. The van der Waals surface area contributed by atoms with Gasteiger partial charge in [0.2, 0.25) is 0 Å². The number of hydrogen-bond donors (Lipinski definition) is 0. The van der Waals surface area contributed by atoms with Gasteiger partial charge in [0.15, 0.2) is 0 Å². The highest BCUT2D eigenvalue weighted by molar-refractivity contribution is 9.40. The summed E-state index contributed by atoms with van der Waals surface area (Å²) in [6.07, 6.45) is -2.69. The second kappa shape index (κ2) is 3.43. The Bertz CT molecular complexity index is 200. The Labute approximate surface area is 83.3 Å². The Kier molecular flexibility index (Phi) is 3.63. The first kappa shape index (κ1) is 12.7. The van der Waals surface area contributed by atoms with Crippen LogP contribution in [0.5, 0.6) is 0 Å². The molecule has 0 heterocycles. The van der Waals surface area contributed by atoms with E-state index in [1.54, 1.807) is 0 Å². The van der Waals surface area contributed by atoms with Gasteiger partial charge in [-0.1, -0.05) is 20.8 Å². The van der Waals surface area contributed by atoms with Gasteiger partial charge in [-0.3, -0.25) is 4.57 Å². The number of rotatable bonds is 1. The van der Waals surface area contributed by atoms with Crippen LogP contribution in [0.4, 0.5) is 0 Å². The predicted octanol–water partition coefficient (Wildman–Crippen LogP) is 4.19. The maximum atomic E-state index is 11.9. The van der Waals surface area contributed by atoms with Crippen LogP contribution in [0, 0.1) is 0 Å². The van der Waals surface area contributed by atoms with E-state index in [1.165, 1.54) is 0 Å². The van der Waals surface area contributed by atoms with E-state index in [2.05, 4.69) is 15.5 Å². The third-order valence-corrected chi connectivity index (χ3v) is 7.20. The second-order valence-corrected chi connectivity index (χ2v) is 10.1. The second-order valence-electron chi connectivity index (χ2n) is 4.85. The Morgan fingerprint density at radius 3 is 1.50 bits per heavy atom. The van der Waals surface area contributed by atoms with Crippen molar-refractivity contribution >= 4 is 21.6 Å². The average molecular weight is 257 g/mol. The van der Waals surface area contributed by atoms with E-state index in [4.69, 9.17) is 4.52 Å². The van der Waals surface area contributed by atoms with Gasteiger partial charge >= 0.3 is 0 Å². The fourth-order valence-electron chi connectivity index (χ4n) is 0.489. The molecule has 0 aliphatic rings. The van der Waals surface area contributed by atoms with Crippen LogP contribution in [0.3, 0.4) is 0 Å². The van der Waals surface area contributed by atoms with Crippen LogP contribution < -0.4 is 0 Å². The molecule has 0 bridgehead atoms. The SMILES string of the molecule is CC(C)(C)OP(=O)(Br)C(C)(C)C. The summed E-state index contributed by atoms with van der Waals surface area (Å²) in [6.45, 7) is 11.4. The Morgan fingerprint density at radius 2 is 1.42 bits per heavy atom. The molecule has 2 nitrogen and oxygen atoms in total. The molecule has 1 atom stereocenters. The molecule has 0 aromatic carbocycles. The van der Waals surface area contributed by atoms with E-state index in [1.807, 2.05) is 41.5 Å². The summed E-state index contributed by atoms with van der Waals surface area (Å²) in [4.78, 5) is 0. The number of halogens is 1. The normalized spacial score (nSPS) is 18.9. The van der Waals surface area contributed by atoms with E-state index < -0.39 is 6.07 Å². The lowest BCUT2D eigenvalue weighted by molar-refractivity contribution is 0.136. The third kappa shape index (κ3) is 4.06. The van der Waals surface area contributed by atoms with Crippen molar-refractivity contribution in [2.45, 2.75) is 52.3 Å². The van der Waals surface area contributed by atoms with Gasteiger partial charge in [0.1, 0.15) is 0 Å². The molecule has 0 amide bonds. The molecular weight excluding hydrogens is 239 g/mol. The average Bonchev–Trinajstić information content (AvgIpc) is 1.52. The molecule has 0 rings (SSSR count). The van der Waals surface area contributed by atoms with Crippen molar-refractivity contribution < 1.29 is 9.09 Å². The summed E-state index contributed by atoms with van der Waals surface area (Å²) in [5.41, 5.74) is -0.369. The van der Waals surface area contributed by atoms with Gasteiger partial charge in [0, 0.05) is 20.6 Å². The largest absolute Gasteiger partial charge is 0.315 e. The van der Waals surface area contributed by atoms with Crippen LogP contribution >= 0.6 is 21.6 Å². The van der Waals surface area contributed by atoms with Gasteiger partial charge in [0.05, 0.1) is 5.60 Å². The number of hydrogen-bond acceptors (Lipinski definition) is 2. The molecule has 0 spiro atoms. The fourth-order valence-corrected chi connectivity index (χ4v) is 2.77. The summed E-state index contributed by atoms with van der Waals surface area (Å²) in [5, 5.41) is -0.347. The van der Waals surface area contributed by atoms with Crippen molar-refractivity contribution in [3.8, 4) is 0 Å². The Morgan fingerprint density at radius 1 is 1.08 bits per heavy atom. The molecule has 0 aliphatic heterocycles. The highest BCUT2D eigenvalue weighted by Gasteiger charge is 2.38. The first-order valence-electron chi connectivity index (χ1n) is 3.96. The Balaban J connectivity index is 4.57. The first-order valence-corrected chi connectivity index (χ1v) is 7.61. The minimum absolute atomic E-state index is 0.347. The summed E-state index contributed by atoms with van der Waals surface area (Å²) in [5.74, 6) is 0. The van der Waals surface area contributed by atoms with Gasteiger partial charge in [-0.2, -0.15) is 0 Å². The van der Waals surface area contributed by atoms with Crippen molar-refractivity contribution in [1.29, 1.82) is 0 Å². The van der Waals surface area contributed by atoms with E-state index in [0.29, 0.717) is 0 Å². The lowest BCUT2D eigenvalue weighted by atomic mass is 10.2. The molecule has 0 N–H and O–H groups in total. The predicted molar refractivity (Wildman–Crippen MR) is 57.1 cm³/mol. The van der Waals surface area contributed by atoms with Gasteiger partial charge in [-0.25, -0.2) is 0 Å². The van der Waals surface area contributed by atoms with E-state index in [0.717, 1.165) is 0 Å². The molecule has 0 aromatic rings. The molecule has 0 aromatic heterocycles. The van der Waals surface area contributed by atoms with Crippen LogP contribution in [-0.4, -0.2) is 10.8 Å². The van der Waals surface area contributed by atoms with Crippen LogP contribution in [-0.2, 0) is 9.09 Å². The summed E-state index contributed by atoms with van der Waals surface area (Å²) in [7, 11) is 0. The molecule has 0 saturated carbocycles. The first-order chi connectivity index (χ1) is 4.96. The van der Waals surface area contributed by atoms with Crippen molar-refractivity contribution in [2.24, 2.45) is 0 Å². The third-order valence-electron chi connectivity index (χ3n) is 1.19. The standard InChI is InChI=1S/C8H18BrO2P/c1-7(2,3)11-12(9,10)8(4,5)6/h1-6H3. The zero-order valence-corrected chi connectivity index (χ0v) is 11.1. The molecule has 0 radical (unpaired) electrons. The molecule has 74 valence electrons. The maximum absolute atomic E-state index is 11.9. The molecular formula is C8H18BrO2P. The molecule has 4 heteroatoms. The zero-order chi connectivity index (χ0) is 10.2. The minimum atomic E-state index is -2.69. The summed E-state index contributed by atoms with van der Waals surface area (Å²) in [6, 6.07) is 0. The highest BCUT2D eigenvalue weighted by Crippen LogP contribution is 2.66. The quantitative estimate of drug-likeness (QED) is 0.658. The molecule has 12 heavy (non-hydrogen) atoms. The molecule has 0 aliphatic carbocycles. The van der Waals surface area contributed by atoms with Crippen molar-refractivity contribution in [3.63, 3.8) is 0 Å². The highest BCUT2D eigenvalue weighted by atomic mass is 79.9. The monoisotopic (exact) mass is 256 g/mol. The van der Waals surface area contributed by atoms with Gasteiger partial charge in [-0.15, -0.1) is 0 Å². The topological polar surface area (TPSA) is 26.3 Å². The lowest BCUT2D eigenvalue weighted by Crippen LogP contribution is -2.22. The Hall–Kier alpha value is 0.670. The van der Waals surface area contributed by atoms with E-state index in [-0.39, 0.29) is 10.8 Å².